The van der Waals surface area contributed by atoms with Crippen molar-refractivity contribution in [3.63, 3.8) is 0 Å². The predicted octanol–water partition coefficient (Wildman–Crippen LogP) is 7.14. The minimum atomic E-state index is -1.60. The normalized spacial score (nSPS) is 22.5. The summed E-state index contributed by atoms with van der Waals surface area (Å²) in [6.45, 7) is 3.58. The van der Waals surface area contributed by atoms with E-state index in [1.54, 1.807) is 6.08 Å². The van der Waals surface area contributed by atoms with Crippen molar-refractivity contribution < 1.29 is 44.9 Å². The van der Waals surface area contributed by atoms with Gasteiger partial charge in [-0.25, -0.2) is 0 Å². The van der Waals surface area contributed by atoms with Gasteiger partial charge in [-0.05, 0) is 19.3 Å². The number of hydrogen-bond donors (Lipinski definition) is 7. The lowest BCUT2D eigenvalue weighted by molar-refractivity contribution is -0.302. The molecule has 0 radical (unpaired) electrons. The smallest absolute Gasteiger partial charge is 0.249 e. The first-order valence-electron chi connectivity index (χ1n) is 21.5. The predicted molar refractivity (Wildman–Crippen MR) is 209 cm³/mol. The van der Waals surface area contributed by atoms with Crippen LogP contribution in [0.4, 0.5) is 0 Å². The highest BCUT2D eigenvalue weighted by atomic mass is 16.7. The number of carbonyl (C=O) groups is 1. The van der Waals surface area contributed by atoms with Crippen LogP contribution in [0.2, 0.25) is 0 Å². The Morgan fingerprint density at radius 1 is 0.654 bits per heavy atom. The highest BCUT2D eigenvalue weighted by molar-refractivity contribution is 5.80. The van der Waals surface area contributed by atoms with Gasteiger partial charge in [0.2, 0.25) is 5.91 Å². The number of hydrogen-bond acceptors (Lipinski definition) is 9. The molecule has 10 nitrogen and oxygen atoms in total. The van der Waals surface area contributed by atoms with E-state index < -0.39 is 61.5 Å². The molecular weight excluding hydrogens is 662 g/mol. The fraction of sp³-hybridized carbons (Fsp3) is 0.929. The molecule has 0 aromatic heterocycles. The van der Waals surface area contributed by atoms with Crippen LogP contribution in [0, 0.1) is 0 Å². The average Bonchev–Trinajstić information content (AvgIpc) is 3.14. The Bertz CT molecular complexity index is 844. The topological polar surface area (TPSA) is 169 Å². The SMILES string of the molecule is CCCCCCCCCCC/C=C/C(O)C(COC1OC(CO)C(O)C(O)C1O)NC(=O)C(O)CCCCCCCCCCCCCCCCCC. The van der Waals surface area contributed by atoms with E-state index in [9.17, 15) is 35.4 Å². The maximum atomic E-state index is 13.0. The molecule has 1 rings (SSSR count). The Morgan fingerprint density at radius 3 is 1.56 bits per heavy atom. The van der Waals surface area contributed by atoms with Crippen molar-refractivity contribution in [1.82, 2.24) is 5.32 Å². The summed E-state index contributed by atoms with van der Waals surface area (Å²) in [5.74, 6) is -0.616. The molecule has 1 aliphatic heterocycles. The second-order valence-electron chi connectivity index (χ2n) is 15.3. The van der Waals surface area contributed by atoms with Crippen molar-refractivity contribution in [1.29, 1.82) is 0 Å². The van der Waals surface area contributed by atoms with E-state index in [4.69, 9.17) is 9.47 Å². The molecule has 0 aliphatic carbocycles. The van der Waals surface area contributed by atoms with Crippen LogP contribution in [0.25, 0.3) is 0 Å². The highest BCUT2D eigenvalue weighted by Crippen LogP contribution is 2.23. The fourth-order valence-electron chi connectivity index (χ4n) is 6.87. The number of nitrogens with one attached hydrogen (secondary N) is 1. The first-order chi connectivity index (χ1) is 25.3. The molecule has 0 spiro atoms. The first-order valence-corrected chi connectivity index (χ1v) is 21.5. The van der Waals surface area contributed by atoms with Gasteiger partial charge in [-0.3, -0.25) is 4.79 Å². The Morgan fingerprint density at radius 2 is 1.10 bits per heavy atom. The van der Waals surface area contributed by atoms with Crippen LogP contribution in [0.5, 0.6) is 0 Å². The van der Waals surface area contributed by atoms with Crippen molar-refractivity contribution in [3.8, 4) is 0 Å². The van der Waals surface area contributed by atoms with Crippen LogP contribution in [0.15, 0.2) is 12.2 Å². The van der Waals surface area contributed by atoms with Gasteiger partial charge in [0.15, 0.2) is 6.29 Å². The fourth-order valence-corrected chi connectivity index (χ4v) is 6.87. The molecule has 0 aromatic carbocycles. The van der Waals surface area contributed by atoms with E-state index >= 15 is 0 Å². The average molecular weight is 744 g/mol. The number of amides is 1. The molecule has 1 aliphatic rings. The molecule has 8 unspecified atom stereocenters. The minimum absolute atomic E-state index is 0.302. The van der Waals surface area contributed by atoms with Crippen LogP contribution >= 0.6 is 0 Å². The molecule has 0 bridgehead atoms. The van der Waals surface area contributed by atoms with Gasteiger partial charge < -0.3 is 45.4 Å². The van der Waals surface area contributed by atoms with Crippen molar-refractivity contribution in [2.24, 2.45) is 0 Å². The van der Waals surface area contributed by atoms with E-state index in [0.29, 0.717) is 6.42 Å². The minimum Gasteiger partial charge on any atom is -0.394 e. The molecule has 308 valence electrons. The van der Waals surface area contributed by atoms with Gasteiger partial charge >= 0.3 is 0 Å². The van der Waals surface area contributed by atoms with E-state index in [0.717, 1.165) is 44.9 Å². The van der Waals surface area contributed by atoms with Crippen LogP contribution in [0.3, 0.4) is 0 Å². The quantitative estimate of drug-likeness (QED) is 0.0264. The summed E-state index contributed by atoms with van der Waals surface area (Å²) in [7, 11) is 0. The van der Waals surface area contributed by atoms with E-state index in [2.05, 4.69) is 19.2 Å². The Kier molecular flexibility index (Phi) is 31.3. The van der Waals surface area contributed by atoms with Gasteiger partial charge in [0.05, 0.1) is 25.4 Å². The molecule has 1 amide bonds. The second-order valence-corrected chi connectivity index (χ2v) is 15.3. The molecule has 0 saturated carbocycles. The third kappa shape index (κ3) is 23.6. The van der Waals surface area contributed by atoms with Gasteiger partial charge in [-0.1, -0.05) is 180 Å². The summed E-state index contributed by atoms with van der Waals surface area (Å²) in [5, 5.41) is 64.4. The van der Waals surface area contributed by atoms with Gasteiger partial charge in [0, 0.05) is 0 Å². The van der Waals surface area contributed by atoms with E-state index in [1.807, 2.05) is 6.08 Å². The summed E-state index contributed by atoms with van der Waals surface area (Å²) >= 11 is 0. The number of allylic oxidation sites excluding steroid dienone is 1. The van der Waals surface area contributed by atoms with Crippen LogP contribution < -0.4 is 5.32 Å². The molecule has 1 saturated heterocycles. The van der Waals surface area contributed by atoms with Crippen LogP contribution in [-0.2, 0) is 14.3 Å². The molecular formula is C42H81NO9. The van der Waals surface area contributed by atoms with Crippen LogP contribution in [-0.4, -0.2) is 98.7 Å². The zero-order chi connectivity index (χ0) is 38.2. The van der Waals surface area contributed by atoms with Crippen molar-refractivity contribution >= 4 is 5.91 Å². The number of aliphatic hydroxyl groups is 6. The van der Waals surface area contributed by atoms with Gasteiger partial charge in [0.1, 0.15) is 30.5 Å². The largest absolute Gasteiger partial charge is 0.394 e. The highest BCUT2D eigenvalue weighted by Gasteiger charge is 2.44. The molecule has 52 heavy (non-hydrogen) atoms. The Balaban J connectivity index is 2.43. The standard InChI is InChI=1S/C42H81NO9/c1-3-5-7-9-11-13-15-16-17-18-19-21-23-25-27-29-31-36(46)41(50)43-34(33-51-42-40(49)39(48)38(47)37(32-44)52-42)35(45)30-28-26-24-22-20-14-12-10-8-6-4-2/h28,30,34-40,42,44-49H,3-27,29,31-33H2,1-2H3,(H,43,50)/b30-28+. The third-order valence-electron chi connectivity index (χ3n) is 10.5. The molecule has 8 atom stereocenters. The van der Waals surface area contributed by atoms with Gasteiger partial charge in [-0.15, -0.1) is 0 Å². The molecule has 7 N–H and O–H groups in total. The molecule has 0 aromatic rings. The zero-order valence-electron chi connectivity index (χ0n) is 33.2. The van der Waals surface area contributed by atoms with Crippen molar-refractivity contribution in [2.45, 2.75) is 236 Å². The summed E-state index contributed by atoms with van der Waals surface area (Å²) in [4.78, 5) is 13.0. The van der Waals surface area contributed by atoms with Crippen molar-refractivity contribution in [3.05, 3.63) is 12.2 Å². The lowest BCUT2D eigenvalue weighted by Crippen LogP contribution is -2.60. The number of carbonyl (C=O) groups excluding carboxylic acids is 1. The van der Waals surface area contributed by atoms with E-state index in [1.165, 1.54) is 122 Å². The maximum Gasteiger partial charge on any atom is 0.249 e. The molecule has 1 fully saturated rings. The first kappa shape index (κ1) is 48.9. The monoisotopic (exact) mass is 744 g/mol. The third-order valence-corrected chi connectivity index (χ3v) is 10.5. The maximum absolute atomic E-state index is 13.0. The Hall–Kier alpha value is -1.11. The van der Waals surface area contributed by atoms with Gasteiger partial charge in [-0.2, -0.15) is 0 Å². The Labute approximate surface area is 317 Å². The van der Waals surface area contributed by atoms with Crippen LogP contribution in [0.1, 0.15) is 187 Å². The second kappa shape index (κ2) is 33.2. The van der Waals surface area contributed by atoms with E-state index in [-0.39, 0.29) is 6.61 Å². The van der Waals surface area contributed by atoms with Gasteiger partial charge in [0.25, 0.3) is 0 Å². The molecule has 10 heteroatoms. The van der Waals surface area contributed by atoms with Crippen molar-refractivity contribution in [2.75, 3.05) is 13.2 Å². The lowest BCUT2D eigenvalue weighted by Gasteiger charge is -2.40. The number of unbranched alkanes of at least 4 members (excludes halogenated alkanes) is 24. The number of rotatable bonds is 35. The summed E-state index contributed by atoms with van der Waals surface area (Å²) < 4.78 is 11.1. The summed E-state index contributed by atoms with van der Waals surface area (Å²) in [5.41, 5.74) is 0. The number of ether oxygens (including phenoxy) is 2. The summed E-state index contributed by atoms with van der Waals surface area (Å²) in [6, 6.07) is -0.973. The molecule has 1 heterocycles. The lowest BCUT2D eigenvalue weighted by atomic mass is 9.99. The zero-order valence-corrected chi connectivity index (χ0v) is 33.2. The summed E-state index contributed by atoms with van der Waals surface area (Å²) in [6.07, 6.45) is 25.8. The number of aliphatic hydroxyl groups excluding tert-OH is 6.